The van der Waals surface area contributed by atoms with Gasteiger partial charge in [0.1, 0.15) is 6.29 Å². The molecule has 15 heavy (non-hydrogen) atoms. The van der Waals surface area contributed by atoms with Crippen LogP contribution in [0.15, 0.2) is 0 Å². The molecule has 2 fully saturated rings. The summed E-state index contributed by atoms with van der Waals surface area (Å²) in [7, 11) is 2.06. The minimum Gasteiger partial charge on any atom is -0.395 e. The first-order valence-corrected chi connectivity index (χ1v) is 5.77. The van der Waals surface area contributed by atoms with Gasteiger partial charge in [0.15, 0.2) is 0 Å². The maximum atomic E-state index is 9.94. The molecule has 0 aliphatic carbocycles. The number of aliphatic hydroxyl groups excluding tert-OH is 1. The van der Waals surface area contributed by atoms with Crippen molar-refractivity contribution in [3.05, 3.63) is 0 Å². The molecule has 2 aliphatic heterocycles. The quantitative estimate of drug-likeness (QED) is 0.636. The third-order valence-electron chi connectivity index (χ3n) is 3.14. The van der Waals surface area contributed by atoms with Crippen molar-refractivity contribution >= 4 is 6.29 Å². The number of likely N-dealkylation sites (N-methyl/N-ethyl adjacent to an activating group) is 1. The molecule has 2 saturated heterocycles. The minimum absolute atomic E-state index is 0.167. The van der Waals surface area contributed by atoms with Gasteiger partial charge in [0.25, 0.3) is 0 Å². The average Bonchev–Trinajstić information content (AvgIpc) is 2.88. The molecule has 2 N–H and O–H groups in total. The van der Waals surface area contributed by atoms with E-state index >= 15 is 0 Å². The van der Waals surface area contributed by atoms with E-state index < -0.39 is 0 Å². The van der Waals surface area contributed by atoms with Crippen LogP contribution in [0.25, 0.3) is 0 Å². The van der Waals surface area contributed by atoms with Gasteiger partial charge in [-0.25, -0.2) is 0 Å². The molecule has 88 valence electrons. The molecule has 0 aromatic heterocycles. The normalized spacial score (nSPS) is 31.1. The van der Waals surface area contributed by atoms with Gasteiger partial charge in [0.2, 0.25) is 0 Å². The van der Waals surface area contributed by atoms with Gasteiger partial charge in [-0.15, -0.1) is 0 Å². The minimum atomic E-state index is 0.167. The van der Waals surface area contributed by atoms with Crippen LogP contribution in [-0.4, -0.2) is 55.1 Å². The maximum Gasteiger partial charge on any atom is 0.136 e. The molecular weight excluding hydrogens is 192 g/mol. The van der Waals surface area contributed by atoms with Gasteiger partial charge in [-0.1, -0.05) is 0 Å². The number of hydrogen-bond donors (Lipinski definition) is 2. The topological polar surface area (TPSA) is 52.6 Å². The van der Waals surface area contributed by atoms with Crippen LogP contribution in [0, 0.1) is 0 Å². The van der Waals surface area contributed by atoms with E-state index in [1.807, 2.05) is 0 Å². The third-order valence-corrected chi connectivity index (χ3v) is 3.14. The molecule has 0 aromatic carbocycles. The Labute approximate surface area is 91.6 Å². The van der Waals surface area contributed by atoms with Crippen molar-refractivity contribution in [2.45, 2.75) is 37.8 Å². The zero-order valence-corrected chi connectivity index (χ0v) is 9.48. The first-order chi connectivity index (χ1) is 7.27. The van der Waals surface area contributed by atoms with E-state index in [1.165, 1.54) is 12.8 Å². The van der Waals surface area contributed by atoms with E-state index in [0.29, 0.717) is 12.6 Å². The van der Waals surface area contributed by atoms with Crippen LogP contribution < -0.4 is 5.32 Å². The Kier molecular flexibility index (Phi) is 5.83. The number of carbonyl (C=O) groups is 1. The van der Waals surface area contributed by atoms with Crippen molar-refractivity contribution in [1.82, 2.24) is 10.2 Å². The fourth-order valence-corrected chi connectivity index (χ4v) is 2.04. The number of aldehydes is 1. The highest BCUT2D eigenvalue weighted by Crippen LogP contribution is 2.12. The molecule has 4 nitrogen and oxygen atoms in total. The molecule has 4 heteroatoms. The summed E-state index contributed by atoms with van der Waals surface area (Å²) < 4.78 is 0. The van der Waals surface area contributed by atoms with Crippen molar-refractivity contribution in [2.24, 2.45) is 0 Å². The van der Waals surface area contributed by atoms with Crippen LogP contribution in [0.5, 0.6) is 0 Å². The molecule has 2 rings (SSSR count). The molecule has 2 unspecified atom stereocenters. The van der Waals surface area contributed by atoms with Gasteiger partial charge in [0, 0.05) is 6.04 Å². The summed E-state index contributed by atoms with van der Waals surface area (Å²) >= 11 is 0. The standard InChI is InChI=1S/C6H13NO.C5H9NO/c1-7-4-2-3-6(7)5-8;7-4-5-2-1-3-6-5/h6,8H,2-5H2,1H3;4-6H,1-3H2. The monoisotopic (exact) mass is 214 g/mol. The summed E-state index contributed by atoms with van der Waals surface area (Å²) in [5.74, 6) is 0. The Balaban J connectivity index is 0.000000151. The first kappa shape index (κ1) is 12.6. The largest absolute Gasteiger partial charge is 0.395 e. The summed E-state index contributed by atoms with van der Waals surface area (Å²) in [4.78, 5) is 12.2. The Morgan fingerprint density at radius 2 is 2.27 bits per heavy atom. The van der Waals surface area contributed by atoms with Gasteiger partial charge in [-0.2, -0.15) is 0 Å². The lowest BCUT2D eigenvalue weighted by Gasteiger charge is -2.15. The van der Waals surface area contributed by atoms with Crippen LogP contribution in [-0.2, 0) is 4.79 Å². The van der Waals surface area contributed by atoms with E-state index in [2.05, 4.69) is 17.3 Å². The van der Waals surface area contributed by atoms with Crippen molar-refractivity contribution < 1.29 is 9.90 Å². The average molecular weight is 214 g/mol. The highest BCUT2D eigenvalue weighted by molar-refractivity contribution is 5.57. The second-order valence-corrected chi connectivity index (χ2v) is 4.30. The van der Waals surface area contributed by atoms with Crippen molar-refractivity contribution in [2.75, 3.05) is 26.7 Å². The summed E-state index contributed by atoms with van der Waals surface area (Å²) in [6.07, 6.45) is 5.59. The molecule has 2 aliphatic rings. The molecule has 2 heterocycles. The second-order valence-electron chi connectivity index (χ2n) is 4.30. The Hall–Kier alpha value is -0.450. The van der Waals surface area contributed by atoms with Gasteiger partial charge in [0.05, 0.1) is 12.6 Å². The van der Waals surface area contributed by atoms with E-state index in [-0.39, 0.29) is 6.04 Å². The Morgan fingerprint density at radius 3 is 2.53 bits per heavy atom. The van der Waals surface area contributed by atoms with E-state index in [1.54, 1.807) is 0 Å². The number of hydrogen-bond acceptors (Lipinski definition) is 4. The molecule has 2 atom stereocenters. The van der Waals surface area contributed by atoms with Gasteiger partial charge < -0.3 is 20.1 Å². The predicted octanol–water partition coefficient (Wildman–Crippen LogP) is 0.0102. The number of nitrogens with zero attached hydrogens (tertiary/aromatic N) is 1. The number of nitrogens with one attached hydrogen (secondary N) is 1. The second kappa shape index (κ2) is 6.93. The van der Waals surface area contributed by atoms with Crippen LogP contribution in [0.2, 0.25) is 0 Å². The van der Waals surface area contributed by atoms with Gasteiger partial charge in [-0.3, -0.25) is 0 Å². The van der Waals surface area contributed by atoms with Gasteiger partial charge >= 0.3 is 0 Å². The van der Waals surface area contributed by atoms with E-state index in [0.717, 1.165) is 32.2 Å². The number of rotatable bonds is 2. The summed E-state index contributed by atoms with van der Waals surface area (Å²) in [5.41, 5.74) is 0. The summed E-state index contributed by atoms with van der Waals surface area (Å²) in [6.45, 7) is 2.51. The Morgan fingerprint density at radius 1 is 1.47 bits per heavy atom. The van der Waals surface area contributed by atoms with Gasteiger partial charge in [-0.05, 0) is 45.8 Å². The molecule has 0 radical (unpaired) electrons. The Bertz CT molecular complexity index is 181. The number of aliphatic hydroxyl groups is 1. The van der Waals surface area contributed by atoms with Crippen molar-refractivity contribution in [1.29, 1.82) is 0 Å². The zero-order chi connectivity index (χ0) is 11.1. The van der Waals surface area contributed by atoms with Crippen LogP contribution in [0.4, 0.5) is 0 Å². The third kappa shape index (κ3) is 4.28. The lowest BCUT2D eigenvalue weighted by molar-refractivity contribution is -0.109. The fourth-order valence-electron chi connectivity index (χ4n) is 2.04. The highest BCUT2D eigenvalue weighted by Gasteiger charge is 2.18. The summed E-state index contributed by atoms with van der Waals surface area (Å²) in [6, 6.07) is 0.620. The highest BCUT2D eigenvalue weighted by atomic mass is 16.3. The predicted molar refractivity (Wildman–Crippen MR) is 59.8 cm³/mol. The SMILES string of the molecule is CN1CCCC1CO.O=CC1CCCN1. The lowest BCUT2D eigenvalue weighted by Crippen LogP contribution is -2.27. The zero-order valence-electron chi connectivity index (χ0n) is 9.48. The molecule has 0 aromatic rings. The lowest BCUT2D eigenvalue weighted by atomic mass is 10.2. The molecular formula is C11H22N2O2. The molecule has 0 bridgehead atoms. The fraction of sp³-hybridized carbons (Fsp3) is 0.909. The maximum absolute atomic E-state index is 9.94. The molecule has 0 saturated carbocycles. The van der Waals surface area contributed by atoms with E-state index in [9.17, 15) is 4.79 Å². The van der Waals surface area contributed by atoms with Crippen LogP contribution >= 0.6 is 0 Å². The van der Waals surface area contributed by atoms with E-state index in [4.69, 9.17) is 5.11 Å². The number of carbonyl (C=O) groups excluding carboxylic acids is 1. The smallest absolute Gasteiger partial charge is 0.136 e. The van der Waals surface area contributed by atoms with Crippen LogP contribution in [0.1, 0.15) is 25.7 Å². The molecule has 0 amide bonds. The first-order valence-electron chi connectivity index (χ1n) is 5.77. The van der Waals surface area contributed by atoms with Crippen molar-refractivity contribution in [3.63, 3.8) is 0 Å². The molecule has 0 spiro atoms. The van der Waals surface area contributed by atoms with Crippen LogP contribution in [0.3, 0.4) is 0 Å². The summed E-state index contributed by atoms with van der Waals surface area (Å²) in [5, 5.41) is 11.7. The number of likely N-dealkylation sites (tertiary alicyclic amines) is 1. The van der Waals surface area contributed by atoms with Crippen molar-refractivity contribution in [3.8, 4) is 0 Å².